The van der Waals surface area contributed by atoms with Crippen LogP contribution in [0, 0.1) is 16.7 Å². The van der Waals surface area contributed by atoms with Gasteiger partial charge >= 0.3 is 0 Å². The second kappa shape index (κ2) is 8.80. The van der Waals surface area contributed by atoms with Crippen LogP contribution >= 0.6 is 23.4 Å². The molecule has 5 rings (SSSR count). The normalized spacial score (nSPS) is 20.8. The molecule has 3 heterocycles. The first-order valence-corrected chi connectivity index (χ1v) is 12.2. The molecule has 6 N–H and O–H groups in total. The molecule has 34 heavy (non-hydrogen) atoms. The number of aromatic nitrogens is 3. The molecule has 1 atom stereocenters. The lowest BCUT2D eigenvalue weighted by atomic mass is 9.63. The zero-order chi connectivity index (χ0) is 23.9. The number of anilines is 1. The summed E-state index contributed by atoms with van der Waals surface area (Å²) >= 11 is 7.59. The number of hydrogen-bond acceptors (Lipinski definition) is 9. The highest BCUT2D eigenvalue weighted by Gasteiger charge is 2.58. The van der Waals surface area contributed by atoms with Crippen LogP contribution in [0.25, 0.3) is 0 Å². The third kappa shape index (κ3) is 3.54. The first kappa shape index (κ1) is 23.0. The molecule has 1 fully saturated rings. The highest BCUT2D eigenvalue weighted by Crippen LogP contribution is 2.57. The Hall–Kier alpha value is -2.74. The minimum Gasteiger partial charge on any atom is -0.390 e. The Balaban J connectivity index is 1.63. The molecule has 8 nitrogen and oxygen atoms in total. The highest BCUT2D eigenvalue weighted by atomic mass is 35.5. The SMILES string of the molecule is N#Cc1ccc2c(c1)[C@](N)(c1ncc(Sc3ccnc(N)c3Cl)nc1CO)C1(CCNCC1)C2. The summed E-state index contributed by atoms with van der Waals surface area (Å²) in [6.07, 6.45) is 5.74. The van der Waals surface area contributed by atoms with Gasteiger partial charge in [0.2, 0.25) is 0 Å². The molecule has 3 aromatic rings. The number of nitrogen functional groups attached to an aromatic ring is 1. The number of nitrogens with one attached hydrogen (secondary N) is 1. The molecule has 1 saturated heterocycles. The maximum atomic E-state index is 10.3. The Morgan fingerprint density at radius 1 is 1.24 bits per heavy atom. The van der Waals surface area contributed by atoms with Crippen molar-refractivity contribution in [2.75, 3.05) is 18.8 Å². The van der Waals surface area contributed by atoms with Gasteiger partial charge in [-0.15, -0.1) is 0 Å². The predicted octanol–water partition coefficient (Wildman–Crippen LogP) is 2.75. The molecule has 2 aromatic heterocycles. The van der Waals surface area contributed by atoms with Crippen molar-refractivity contribution >= 4 is 29.2 Å². The van der Waals surface area contributed by atoms with Crippen LogP contribution in [0.5, 0.6) is 0 Å². The van der Waals surface area contributed by atoms with E-state index in [0.717, 1.165) is 43.5 Å². The van der Waals surface area contributed by atoms with Crippen LogP contribution in [0.1, 0.15) is 40.9 Å². The lowest BCUT2D eigenvalue weighted by Gasteiger charge is -2.46. The quantitative estimate of drug-likeness (QED) is 0.430. The topological polar surface area (TPSA) is 147 Å². The summed E-state index contributed by atoms with van der Waals surface area (Å²) in [5.41, 5.74) is 15.4. The van der Waals surface area contributed by atoms with Crippen molar-refractivity contribution < 1.29 is 5.11 Å². The Kier molecular flexibility index (Phi) is 5.96. The van der Waals surface area contributed by atoms with Crippen molar-refractivity contribution in [2.45, 2.75) is 41.3 Å². The van der Waals surface area contributed by atoms with Crippen LogP contribution in [-0.4, -0.2) is 33.1 Å². The van der Waals surface area contributed by atoms with Crippen molar-refractivity contribution in [3.05, 3.63) is 69.8 Å². The van der Waals surface area contributed by atoms with Crippen LogP contribution in [0.15, 0.2) is 46.6 Å². The molecule has 0 unspecified atom stereocenters. The van der Waals surface area contributed by atoms with Crippen molar-refractivity contribution in [1.82, 2.24) is 20.3 Å². The van der Waals surface area contributed by atoms with Gasteiger partial charge in [0.15, 0.2) is 0 Å². The fraction of sp³-hybridized carbons (Fsp3) is 0.333. The summed E-state index contributed by atoms with van der Waals surface area (Å²) in [5, 5.41) is 24.2. The van der Waals surface area contributed by atoms with Crippen LogP contribution in [0.4, 0.5) is 5.82 Å². The standard InChI is InChI=1S/C24H24ClN7OS/c25-20-18(3-6-30-22(20)27)34-19-12-31-21(17(13-33)32-19)24(28)16-9-14(11-26)1-2-15(16)10-23(24)4-7-29-8-5-23/h1-3,6,9,12,29,33H,4-5,7-8,10,13,28H2,(H2,27,30)/t24-/m0/s1. The molecule has 174 valence electrons. The van der Waals surface area contributed by atoms with Crippen LogP contribution < -0.4 is 16.8 Å². The molecule has 0 radical (unpaired) electrons. The summed E-state index contributed by atoms with van der Waals surface area (Å²) in [7, 11) is 0. The highest BCUT2D eigenvalue weighted by molar-refractivity contribution is 7.99. The van der Waals surface area contributed by atoms with E-state index >= 15 is 0 Å². The number of piperidine rings is 1. The smallest absolute Gasteiger partial charge is 0.143 e. The Labute approximate surface area is 206 Å². The first-order chi connectivity index (χ1) is 16.4. The Bertz CT molecular complexity index is 1300. The summed E-state index contributed by atoms with van der Waals surface area (Å²) in [6, 6.07) is 9.69. The number of halogens is 1. The summed E-state index contributed by atoms with van der Waals surface area (Å²) < 4.78 is 0. The molecular formula is C24H24ClN7OS. The van der Waals surface area contributed by atoms with Gasteiger partial charge in [0, 0.05) is 16.5 Å². The zero-order valence-corrected chi connectivity index (χ0v) is 20.0. The van der Waals surface area contributed by atoms with E-state index in [9.17, 15) is 10.4 Å². The number of nitrogens with two attached hydrogens (primary N) is 2. The monoisotopic (exact) mass is 493 g/mol. The van der Waals surface area contributed by atoms with E-state index in [4.69, 9.17) is 33.0 Å². The van der Waals surface area contributed by atoms with E-state index in [1.54, 1.807) is 18.5 Å². The van der Waals surface area contributed by atoms with Crippen molar-refractivity contribution in [1.29, 1.82) is 5.26 Å². The van der Waals surface area contributed by atoms with Crippen LogP contribution in [0.2, 0.25) is 5.02 Å². The molecule has 1 aliphatic heterocycles. The third-order valence-corrected chi connectivity index (χ3v) is 8.51. The lowest BCUT2D eigenvalue weighted by molar-refractivity contribution is 0.114. The second-order valence-electron chi connectivity index (χ2n) is 8.77. The first-order valence-electron chi connectivity index (χ1n) is 11.0. The van der Waals surface area contributed by atoms with E-state index in [1.807, 2.05) is 18.2 Å². The summed E-state index contributed by atoms with van der Waals surface area (Å²) in [5.74, 6) is 0.239. The van der Waals surface area contributed by atoms with Crippen molar-refractivity contribution in [3.63, 3.8) is 0 Å². The summed E-state index contributed by atoms with van der Waals surface area (Å²) in [4.78, 5) is 14.2. The number of aliphatic hydroxyl groups excluding tert-OH is 1. The number of fused-ring (bicyclic) bond motifs is 1. The minimum absolute atomic E-state index is 0.239. The number of hydrogen-bond donors (Lipinski definition) is 4. The van der Waals surface area contributed by atoms with E-state index in [-0.39, 0.29) is 17.8 Å². The fourth-order valence-electron chi connectivity index (χ4n) is 5.34. The van der Waals surface area contributed by atoms with Gasteiger partial charge in [0.25, 0.3) is 0 Å². The number of aliphatic hydroxyl groups is 1. The number of rotatable bonds is 4. The fourth-order valence-corrected chi connectivity index (χ4v) is 6.38. The second-order valence-corrected chi connectivity index (χ2v) is 10.2. The maximum absolute atomic E-state index is 10.3. The molecule has 1 aromatic carbocycles. The van der Waals surface area contributed by atoms with Crippen molar-refractivity contribution in [2.24, 2.45) is 11.1 Å². The van der Waals surface area contributed by atoms with Gasteiger partial charge in [0.05, 0.1) is 46.4 Å². The average molecular weight is 494 g/mol. The minimum atomic E-state index is -0.982. The maximum Gasteiger partial charge on any atom is 0.143 e. The van der Waals surface area contributed by atoms with Gasteiger partial charge in [-0.1, -0.05) is 29.4 Å². The van der Waals surface area contributed by atoms with E-state index in [0.29, 0.717) is 31.9 Å². The van der Waals surface area contributed by atoms with Crippen LogP contribution in [-0.2, 0) is 18.6 Å². The molecule has 0 amide bonds. The number of nitrogens with zero attached hydrogens (tertiary/aromatic N) is 4. The molecule has 1 spiro atoms. The number of benzene rings is 1. The lowest BCUT2D eigenvalue weighted by Crippen LogP contribution is -2.56. The van der Waals surface area contributed by atoms with Gasteiger partial charge < -0.3 is 21.9 Å². The molecule has 1 aliphatic carbocycles. The Morgan fingerprint density at radius 2 is 2.03 bits per heavy atom. The van der Waals surface area contributed by atoms with E-state index in [2.05, 4.69) is 16.4 Å². The number of pyridine rings is 1. The molecule has 0 bridgehead atoms. The zero-order valence-electron chi connectivity index (χ0n) is 18.4. The van der Waals surface area contributed by atoms with E-state index < -0.39 is 5.54 Å². The van der Waals surface area contributed by atoms with Gasteiger partial charge in [-0.25, -0.2) is 9.97 Å². The van der Waals surface area contributed by atoms with Gasteiger partial charge in [-0.3, -0.25) is 4.98 Å². The number of nitriles is 1. The predicted molar refractivity (Wildman–Crippen MR) is 130 cm³/mol. The molecule has 10 heteroatoms. The Morgan fingerprint density at radius 3 is 2.76 bits per heavy atom. The molecular weight excluding hydrogens is 470 g/mol. The van der Waals surface area contributed by atoms with Gasteiger partial charge in [-0.2, -0.15) is 5.26 Å². The van der Waals surface area contributed by atoms with E-state index in [1.165, 1.54) is 11.8 Å². The van der Waals surface area contributed by atoms with Crippen molar-refractivity contribution in [3.8, 4) is 6.07 Å². The average Bonchev–Trinajstić information content (AvgIpc) is 3.09. The van der Waals surface area contributed by atoms with Crippen LogP contribution in [0.3, 0.4) is 0 Å². The third-order valence-electron chi connectivity index (χ3n) is 7.03. The summed E-state index contributed by atoms with van der Waals surface area (Å²) in [6.45, 7) is 1.37. The van der Waals surface area contributed by atoms with Gasteiger partial charge in [-0.05, 0) is 61.7 Å². The molecule has 2 aliphatic rings. The molecule has 0 saturated carbocycles. The largest absolute Gasteiger partial charge is 0.390 e. The van der Waals surface area contributed by atoms with Gasteiger partial charge in [0.1, 0.15) is 10.8 Å².